The van der Waals surface area contributed by atoms with E-state index >= 15 is 0 Å². The first-order valence-electron chi connectivity index (χ1n) is 5.35. The molecule has 0 heterocycles. The van der Waals surface area contributed by atoms with E-state index in [1.165, 1.54) is 6.07 Å². The summed E-state index contributed by atoms with van der Waals surface area (Å²) in [6.07, 6.45) is 0.176. The number of rotatable bonds is 3. The topological polar surface area (TPSA) is 77.4 Å². The van der Waals surface area contributed by atoms with Gasteiger partial charge in [-0.15, -0.1) is 0 Å². The van der Waals surface area contributed by atoms with Crippen molar-refractivity contribution >= 4 is 10.1 Å². The summed E-state index contributed by atoms with van der Waals surface area (Å²) in [6.45, 7) is 5.86. The maximum atomic E-state index is 10.5. The Bertz CT molecular complexity index is 503. The number of hydrogen-bond donors (Lipinski definition) is 1. The molecule has 6 heteroatoms. The average molecular weight is 280 g/mol. The molecule has 0 aliphatic rings. The summed E-state index contributed by atoms with van der Waals surface area (Å²) in [5.41, 5.74) is 1.27. The van der Waals surface area contributed by atoms with E-state index in [4.69, 9.17) is 0 Å². The molecule has 0 amide bonds. The second kappa shape index (κ2) is 6.39. The van der Waals surface area contributed by atoms with Gasteiger partial charge in [0.2, 0.25) is 0 Å². The van der Waals surface area contributed by atoms with Crippen LogP contribution in [0.4, 0.5) is 0 Å². The number of benzene rings is 1. The van der Waals surface area contributed by atoms with Gasteiger partial charge in [-0.2, -0.15) is 0 Å². The van der Waals surface area contributed by atoms with E-state index in [0.717, 1.165) is 11.1 Å². The van der Waals surface area contributed by atoms with Crippen LogP contribution in [0, 0.1) is 0 Å². The van der Waals surface area contributed by atoms with E-state index in [2.05, 4.69) is 0 Å². The van der Waals surface area contributed by atoms with Crippen molar-refractivity contribution in [1.82, 2.24) is 0 Å². The molecule has 0 spiro atoms. The summed E-state index contributed by atoms with van der Waals surface area (Å²) in [5.74, 6) is -0.229. The SMILES string of the molecule is CC(C)(C)c1cc(CCS(=O)(=O)[O-])ccc1O.[Na+]. The molecule has 0 aromatic heterocycles. The summed E-state index contributed by atoms with van der Waals surface area (Å²) in [7, 11) is -4.19. The van der Waals surface area contributed by atoms with Gasteiger partial charge in [-0.3, -0.25) is 0 Å². The fraction of sp³-hybridized carbons (Fsp3) is 0.500. The Labute approximate surface area is 130 Å². The van der Waals surface area contributed by atoms with Crippen LogP contribution in [0.1, 0.15) is 31.9 Å². The summed E-state index contributed by atoms with van der Waals surface area (Å²) >= 11 is 0. The van der Waals surface area contributed by atoms with Gasteiger partial charge in [-0.05, 0) is 29.0 Å². The van der Waals surface area contributed by atoms with Gasteiger partial charge >= 0.3 is 29.6 Å². The van der Waals surface area contributed by atoms with E-state index in [9.17, 15) is 18.1 Å². The van der Waals surface area contributed by atoms with Crippen molar-refractivity contribution in [3.8, 4) is 5.75 Å². The summed E-state index contributed by atoms with van der Waals surface area (Å²) in [6, 6.07) is 4.92. The van der Waals surface area contributed by atoms with Crippen molar-refractivity contribution in [3.63, 3.8) is 0 Å². The van der Waals surface area contributed by atoms with Crippen molar-refractivity contribution in [2.24, 2.45) is 0 Å². The van der Waals surface area contributed by atoms with Crippen molar-refractivity contribution < 1.29 is 47.6 Å². The van der Waals surface area contributed by atoms with Crippen molar-refractivity contribution in [1.29, 1.82) is 0 Å². The number of aromatic hydroxyl groups is 1. The van der Waals surface area contributed by atoms with Crippen LogP contribution in [-0.2, 0) is 22.0 Å². The normalized spacial score (nSPS) is 12.0. The first-order valence-corrected chi connectivity index (χ1v) is 6.93. The zero-order valence-electron chi connectivity index (χ0n) is 11.2. The molecule has 0 aliphatic heterocycles. The van der Waals surface area contributed by atoms with Crippen LogP contribution in [0.5, 0.6) is 5.75 Å². The first kappa shape index (κ1) is 17.9. The number of aryl methyl sites for hydroxylation is 1. The van der Waals surface area contributed by atoms with E-state index in [0.29, 0.717) is 0 Å². The van der Waals surface area contributed by atoms with Gasteiger partial charge in [0.15, 0.2) is 0 Å². The predicted octanol–water partition coefficient (Wildman–Crippen LogP) is -1.22. The van der Waals surface area contributed by atoms with Crippen molar-refractivity contribution in [3.05, 3.63) is 29.3 Å². The maximum absolute atomic E-state index is 10.5. The van der Waals surface area contributed by atoms with Crippen LogP contribution in [0.25, 0.3) is 0 Å². The Morgan fingerprint density at radius 1 is 1.28 bits per heavy atom. The molecule has 4 nitrogen and oxygen atoms in total. The zero-order chi connectivity index (χ0) is 13.3. The zero-order valence-corrected chi connectivity index (χ0v) is 14.0. The Morgan fingerprint density at radius 3 is 2.28 bits per heavy atom. The minimum atomic E-state index is -4.19. The van der Waals surface area contributed by atoms with E-state index in [1.807, 2.05) is 20.8 Å². The standard InChI is InChI=1S/C12H18O4S.Na/c1-12(2,3)10-8-9(4-5-11(10)13)6-7-17(14,15)16;/h4-5,8,13H,6-7H2,1-3H3,(H,14,15,16);/q;+1/p-1. The molecule has 1 aromatic rings. The molecule has 0 radical (unpaired) electrons. The molecule has 0 fully saturated rings. The van der Waals surface area contributed by atoms with Gasteiger partial charge in [-0.25, -0.2) is 8.42 Å². The van der Waals surface area contributed by atoms with Gasteiger partial charge in [0.05, 0.1) is 10.1 Å². The molecule has 1 rings (SSSR count). The Kier molecular flexibility index (Phi) is 6.36. The molecule has 0 aliphatic carbocycles. The summed E-state index contributed by atoms with van der Waals surface area (Å²) in [4.78, 5) is 0. The summed E-state index contributed by atoms with van der Waals surface area (Å²) < 4.78 is 31.6. The van der Waals surface area contributed by atoms with Crippen LogP contribution in [0.15, 0.2) is 18.2 Å². The van der Waals surface area contributed by atoms with Gasteiger partial charge in [0, 0.05) is 5.75 Å². The smallest absolute Gasteiger partial charge is 0.748 e. The molecule has 1 N–H and O–H groups in total. The van der Waals surface area contributed by atoms with Crippen LogP contribution >= 0.6 is 0 Å². The van der Waals surface area contributed by atoms with Gasteiger partial charge < -0.3 is 9.66 Å². The Hall–Kier alpha value is -0.0700. The minimum absolute atomic E-state index is 0. The van der Waals surface area contributed by atoms with Gasteiger partial charge in [0.1, 0.15) is 5.75 Å². The fourth-order valence-corrected chi connectivity index (χ4v) is 2.07. The minimum Gasteiger partial charge on any atom is -0.748 e. The van der Waals surface area contributed by atoms with Crippen LogP contribution in [-0.4, -0.2) is 23.8 Å². The molecule has 0 atom stereocenters. The second-order valence-corrected chi connectivity index (χ2v) is 6.64. The van der Waals surface area contributed by atoms with Gasteiger partial charge in [-0.1, -0.05) is 32.9 Å². The third kappa shape index (κ3) is 5.71. The van der Waals surface area contributed by atoms with E-state index in [-0.39, 0.29) is 47.1 Å². The average Bonchev–Trinajstić information content (AvgIpc) is 2.13. The molecule has 18 heavy (non-hydrogen) atoms. The van der Waals surface area contributed by atoms with Crippen LogP contribution in [0.3, 0.4) is 0 Å². The first-order chi connectivity index (χ1) is 7.59. The van der Waals surface area contributed by atoms with Crippen molar-refractivity contribution in [2.75, 3.05) is 5.75 Å². The van der Waals surface area contributed by atoms with E-state index in [1.54, 1.807) is 12.1 Å². The van der Waals surface area contributed by atoms with Crippen LogP contribution in [0.2, 0.25) is 0 Å². The second-order valence-electron chi connectivity index (χ2n) is 5.11. The molecular formula is C12H17NaO4S. The number of phenols is 1. The monoisotopic (exact) mass is 280 g/mol. The molecular weight excluding hydrogens is 263 g/mol. The Morgan fingerprint density at radius 2 is 1.83 bits per heavy atom. The van der Waals surface area contributed by atoms with Crippen molar-refractivity contribution in [2.45, 2.75) is 32.6 Å². The third-order valence-electron chi connectivity index (χ3n) is 2.51. The molecule has 0 saturated heterocycles. The Balaban J connectivity index is 0.00000289. The quantitative estimate of drug-likeness (QED) is 0.556. The van der Waals surface area contributed by atoms with Crippen LogP contribution < -0.4 is 29.6 Å². The largest absolute Gasteiger partial charge is 1.00 e. The molecule has 1 aromatic carbocycles. The third-order valence-corrected chi connectivity index (χ3v) is 3.21. The number of hydrogen-bond acceptors (Lipinski definition) is 4. The molecule has 0 saturated carbocycles. The molecule has 0 bridgehead atoms. The maximum Gasteiger partial charge on any atom is 1.00 e. The van der Waals surface area contributed by atoms with E-state index < -0.39 is 15.9 Å². The van der Waals surface area contributed by atoms with Gasteiger partial charge in [0.25, 0.3) is 0 Å². The molecule has 0 unspecified atom stereocenters. The number of phenolic OH excluding ortho intramolecular Hbond substituents is 1. The fourth-order valence-electron chi connectivity index (χ4n) is 1.58. The molecule has 96 valence electrons. The summed E-state index contributed by atoms with van der Waals surface area (Å²) in [5, 5.41) is 9.72. The predicted molar refractivity (Wildman–Crippen MR) is 65.1 cm³/mol.